The van der Waals surface area contributed by atoms with Gasteiger partial charge in [0.2, 0.25) is 0 Å². The Morgan fingerprint density at radius 2 is 1.59 bits per heavy atom. The molecule has 0 radical (unpaired) electrons. The highest BCUT2D eigenvalue weighted by Crippen LogP contribution is 2.33. The van der Waals surface area contributed by atoms with E-state index in [2.05, 4.69) is 0 Å². The van der Waals surface area contributed by atoms with E-state index in [4.69, 9.17) is 0 Å². The van der Waals surface area contributed by atoms with Crippen molar-refractivity contribution in [3.05, 3.63) is 65.9 Å². The Hall–Kier alpha value is -2.11. The van der Waals surface area contributed by atoms with Gasteiger partial charge in [-0.25, -0.2) is 12.4 Å². The van der Waals surface area contributed by atoms with Crippen molar-refractivity contribution in [2.24, 2.45) is 0 Å². The van der Waals surface area contributed by atoms with E-state index in [1.807, 2.05) is 19.1 Å². The van der Waals surface area contributed by atoms with E-state index in [1.54, 1.807) is 49.4 Å². The summed E-state index contributed by atoms with van der Waals surface area (Å²) < 4.78 is 27.3. The molecule has 2 aromatic carbocycles. The first-order chi connectivity index (χ1) is 10.4. The molecule has 0 saturated heterocycles. The molecule has 5 heteroatoms. The SMILES string of the molecule is Cc1c(C(C)O)n(S(=O)(=O)c2ccccc2)c2ccccc12. The summed E-state index contributed by atoms with van der Waals surface area (Å²) in [6, 6.07) is 15.6. The van der Waals surface area contributed by atoms with Crippen LogP contribution in [-0.2, 0) is 10.0 Å². The summed E-state index contributed by atoms with van der Waals surface area (Å²) in [6.07, 6.45) is -0.883. The summed E-state index contributed by atoms with van der Waals surface area (Å²) in [4.78, 5) is 0.206. The molecular weight excluding hydrogens is 298 g/mol. The van der Waals surface area contributed by atoms with Gasteiger partial charge in [0.15, 0.2) is 0 Å². The standard InChI is InChI=1S/C17H17NO3S/c1-12-15-10-6-7-11-16(15)18(17(12)13(2)19)22(20,21)14-8-4-3-5-9-14/h3-11,13,19H,1-2H3. The molecule has 22 heavy (non-hydrogen) atoms. The van der Waals surface area contributed by atoms with Gasteiger partial charge in [-0.05, 0) is 37.6 Å². The molecule has 1 heterocycles. The van der Waals surface area contributed by atoms with Crippen molar-refractivity contribution >= 4 is 20.9 Å². The molecule has 1 unspecified atom stereocenters. The number of rotatable bonds is 3. The van der Waals surface area contributed by atoms with Gasteiger partial charge < -0.3 is 5.11 Å². The lowest BCUT2D eigenvalue weighted by molar-refractivity contribution is 0.193. The van der Waals surface area contributed by atoms with Gasteiger partial charge in [0, 0.05) is 5.39 Å². The lowest BCUT2D eigenvalue weighted by Gasteiger charge is -2.14. The van der Waals surface area contributed by atoms with E-state index in [1.165, 1.54) is 3.97 Å². The maximum absolute atomic E-state index is 13.0. The lowest BCUT2D eigenvalue weighted by Crippen LogP contribution is -2.17. The minimum absolute atomic E-state index is 0.206. The molecule has 0 saturated carbocycles. The van der Waals surface area contributed by atoms with Crippen LogP contribution in [0.1, 0.15) is 24.3 Å². The number of nitrogens with zero attached hydrogens (tertiary/aromatic N) is 1. The lowest BCUT2D eigenvalue weighted by atomic mass is 10.1. The molecule has 0 fully saturated rings. The predicted octanol–water partition coefficient (Wildman–Crippen LogP) is 3.24. The van der Waals surface area contributed by atoms with E-state index < -0.39 is 16.1 Å². The van der Waals surface area contributed by atoms with Gasteiger partial charge in [-0.2, -0.15) is 0 Å². The van der Waals surface area contributed by atoms with Crippen LogP contribution in [0, 0.1) is 6.92 Å². The fourth-order valence-electron chi connectivity index (χ4n) is 2.83. The predicted molar refractivity (Wildman–Crippen MR) is 86.3 cm³/mol. The number of aromatic nitrogens is 1. The number of para-hydroxylation sites is 1. The van der Waals surface area contributed by atoms with Gasteiger partial charge in [0.1, 0.15) is 0 Å². The van der Waals surface area contributed by atoms with Crippen LogP contribution in [0.4, 0.5) is 0 Å². The summed E-state index contributed by atoms with van der Waals surface area (Å²) in [6.45, 7) is 3.42. The zero-order valence-corrected chi connectivity index (χ0v) is 13.2. The van der Waals surface area contributed by atoms with Gasteiger partial charge in [0.05, 0.1) is 22.2 Å². The molecular formula is C17H17NO3S. The summed E-state index contributed by atoms with van der Waals surface area (Å²) in [5.74, 6) is 0. The smallest absolute Gasteiger partial charge is 0.268 e. The molecule has 1 N–H and O–H groups in total. The van der Waals surface area contributed by atoms with Gasteiger partial charge in [-0.1, -0.05) is 36.4 Å². The molecule has 0 aliphatic heterocycles. The van der Waals surface area contributed by atoms with Gasteiger partial charge in [-0.3, -0.25) is 0 Å². The zero-order chi connectivity index (χ0) is 15.9. The second-order valence-electron chi connectivity index (χ2n) is 5.29. The van der Waals surface area contributed by atoms with Crippen molar-refractivity contribution in [1.29, 1.82) is 0 Å². The van der Waals surface area contributed by atoms with Crippen molar-refractivity contribution < 1.29 is 13.5 Å². The molecule has 114 valence electrons. The Labute approximate surface area is 129 Å². The average molecular weight is 315 g/mol. The van der Waals surface area contributed by atoms with Crippen LogP contribution in [-0.4, -0.2) is 17.5 Å². The number of aliphatic hydroxyl groups excluding tert-OH is 1. The van der Waals surface area contributed by atoms with E-state index in [9.17, 15) is 13.5 Å². The van der Waals surface area contributed by atoms with Crippen LogP contribution in [0.2, 0.25) is 0 Å². The van der Waals surface area contributed by atoms with Crippen molar-refractivity contribution in [3.8, 4) is 0 Å². The molecule has 3 rings (SSSR count). The average Bonchev–Trinajstić information content (AvgIpc) is 2.82. The molecule has 1 atom stereocenters. The second-order valence-corrected chi connectivity index (χ2v) is 7.07. The quantitative estimate of drug-likeness (QED) is 0.807. The molecule has 1 aromatic heterocycles. The van der Waals surface area contributed by atoms with Crippen LogP contribution in [0.15, 0.2) is 59.5 Å². The number of fused-ring (bicyclic) bond motifs is 1. The summed E-state index contributed by atoms with van der Waals surface area (Å²) in [7, 11) is -3.76. The Kier molecular flexibility index (Phi) is 3.54. The van der Waals surface area contributed by atoms with Crippen LogP contribution in [0.5, 0.6) is 0 Å². The minimum atomic E-state index is -3.76. The first-order valence-corrected chi connectivity index (χ1v) is 8.47. The van der Waals surface area contributed by atoms with Gasteiger partial charge in [-0.15, -0.1) is 0 Å². The number of hydrogen-bond donors (Lipinski definition) is 1. The zero-order valence-electron chi connectivity index (χ0n) is 12.4. The highest BCUT2D eigenvalue weighted by atomic mass is 32.2. The molecule has 0 aliphatic carbocycles. The minimum Gasteiger partial charge on any atom is -0.387 e. The Morgan fingerprint density at radius 1 is 1.00 bits per heavy atom. The van der Waals surface area contributed by atoms with Gasteiger partial charge >= 0.3 is 0 Å². The molecule has 0 bridgehead atoms. The van der Waals surface area contributed by atoms with E-state index >= 15 is 0 Å². The van der Waals surface area contributed by atoms with E-state index in [0.29, 0.717) is 11.2 Å². The first-order valence-electron chi connectivity index (χ1n) is 7.03. The fraction of sp³-hybridized carbons (Fsp3) is 0.176. The van der Waals surface area contributed by atoms with Crippen molar-refractivity contribution in [3.63, 3.8) is 0 Å². The highest BCUT2D eigenvalue weighted by molar-refractivity contribution is 7.90. The summed E-state index contributed by atoms with van der Waals surface area (Å²) in [5.41, 5.74) is 1.77. The van der Waals surface area contributed by atoms with Crippen LogP contribution in [0.3, 0.4) is 0 Å². The Morgan fingerprint density at radius 3 is 2.23 bits per heavy atom. The summed E-state index contributed by atoms with van der Waals surface area (Å²) >= 11 is 0. The second kappa shape index (κ2) is 5.26. The Bertz CT molecular complexity index is 925. The van der Waals surface area contributed by atoms with E-state index in [0.717, 1.165) is 10.9 Å². The molecule has 3 aromatic rings. The largest absolute Gasteiger partial charge is 0.387 e. The normalized spacial score (nSPS) is 13.4. The summed E-state index contributed by atoms with van der Waals surface area (Å²) in [5, 5.41) is 10.9. The topological polar surface area (TPSA) is 59.3 Å². The Balaban J connectivity index is 2.43. The highest BCUT2D eigenvalue weighted by Gasteiger charge is 2.27. The van der Waals surface area contributed by atoms with E-state index in [-0.39, 0.29) is 4.90 Å². The number of hydrogen-bond acceptors (Lipinski definition) is 3. The molecule has 4 nitrogen and oxygen atoms in total. The number of benzene rings is 2. The monoisotopic (exact) mass is 315 g/mol. The third-order valence-corrected chi connectivity index (χ3v) is 5.55. The molecule has 0 aliphatic rings. The van der Waals surface area contributed by atoms with Crippen LogP contribution >= 0.6 is 0 Å². The van der Waals surface area contributed by atoms with Crippen molar-refractivity contribution in [2.75, 3.05) is 0 Å². The van der Waals surface area contributed by atoms with Crippen LogP contribution < -0.4 is 0 Å². The molecule has 0 spiro atoms. The first kappa shape index (κ1) is 14.8. The number of aliphatic hydroxyl groups is 1. The van der Waals surface area contributed by atoms with Gasteiger partial charge in [0.25, 0.3) is 10.0 Å². The third-order valence-electron chi connectivity index (χ3n) is 3.81. The molecule has 0 amide bonds. The maximum Gasteiger partial charge on any atom is 0.268 e. The number of aryl methyl sites for hydroxylation is 1. The van der Waals surface area contributed by atoms with Crippen molar-refractivity contribution in [1.82, 2.24) is 3.97 Å². The fourth-order valence-corrected chi connectivity index (χ4v) is 4.51. The maximum atomic E-state index is 13.0. The third kappa shape index (κ3) is 2.14. The van der Waals surface area contributed by atoms with Crippen molar-refractivity contribution in [2.45, 2.75) is 24.8 Å². The van der Waals surface area contributed by atoms with Crippen LogP contribution in [0.25, 0.3) is 10.9 Å².